The Bertz CT molecular complexity index is 589. The number of nitro benzene ring substituents is 1. The van der Waals surface area contributed by atoms with Crippen molar-refractivity contribution in [2.24, 2.45) is 7.05 Å². The van der Waals surface area contributed by atoms with E-state index in [0.29, 0.717) is 11.3 Å². The normalized spacial score (nSPS) is 10.4. The van der Waals surface area contributed by atoms with Gasteiger partial charge in [-0.3, -0.25) is 10.1 Å². The fraction of sp³-hybridized carbons (Fsp3) is 0.0909. The van der Waals surface area contributed by atoms with Gasteiger partial charge >= 0.3 is 5.69 Å². The summed E-state index contributed by atoms with van der Waals surface area (Å²) in [6.45, 7) is 0. The molecule has 0 aliphatic heterocycles. The van der Waals surface area contributed by atoms with Gasteiger partial charge < -0.3 is 14.8 Å². The number of aromatic nitrogens is 1. The number of benzene rings is 1. The molecule has 2 N–H and O–H groups in total. The molecule has 0 bridgehead atoms. The zero-order chi connectivity index (χ0) is 12.6. The van der Waals surface area contributed by atoms with Gasteiger partial charge in [-0.2, -0.15) is 0 Å². The maximum absolute atomic E-state index is 10.7. The third-order valence-corrected chi connectivity index (χ3v) is 2.51. The number of aromatic hydroxyl groups is 2. The minimum Gasteiger partial charge on any atom is -0.504 e. The Morgan fingerprint density at radius 1 is 1.35 bits per heavy atom. The Labute approximate surface area is 96.5 Å². The van der Waals surface area contributed by atoms with E-state index in [2.05, 4.69) is 0 Å². The lowest BCUT2D eigenvalue weighted by Crippen LogP contribution is -1.93. The predicted octanol–water partition coefficient (Wildman–Crippen LogP) is 2.01. The molecule has 0 saturated carbocycles. The standard InChI is InChI=1S/C11H10N2O4/c1-12-4-2-3-8(12)7-5-9(13(16)17)11(15)10(14)6-7/h2-6,14-15H,1H3. The lowest BCUT2D eigenvalue weighted by Gasteiger charge is -2.06. The van der Waals surface area contributed by atoms with Crippen LogP contribution in [0.5, 0.6) is 11.5 Å². The molecule has 0 unspecified atom stereocenters. The van der Waals surface area contributed by atoms with E-state index >= 15 is 0 Å². The van der Waals surface area contributed by atoms with Gasteiger partial charge in [0.05, 0.1) is 4.92 Å². The smallest absolute Gasteiger partial charge is 0.315 e. The summed E-state index contributed by atoms with van der Waals surface area (Å²) in [5, 5.41) is 29.5. The maximum Gasteiger partial charge on any atom is 0.315 e. The third kappa shape index (κ3) is 1.80. The second-order valence-corrected chi connectivity index (χ2v) is 3.62. The van der Waals surface area contributed by atoms with E-state index in [-0.39, 0.29) is 0 Å². The number of nitro groups is 1. The summed E-state index contributed by atoms with van der Waals surface area (Å²) >= 11 is 0. The number of rotatable bonds is 2. The average Bonchev–Trinajstić information content (AvgIpc) is 2.68. The van der Waals surface area contributed by atoms with Gasteiger partial charge in [0.1, 0.15) is 0 Å². The Morgan fingerprint density at radius 3 is 2.59 bits per heavy atom. The van der Waals surface area contributed by atoms with Crippen molar-refractivity contribution in [3.8, 4) is 22.8 Å². The van der Waals surface area contributed by atoms with Gasteiger partial charge in [0.15, 0.2) is 5.75 Å². The van der Waals surface area contributed by atoms with E-state index < -0.39 is 22.1 Å². The SMILES string of the molecule is Cn1cccc1-c1cc(O)c(O)c([N+](=O)[O-])c1. The molecule has 2 aromatic rings. The number of phenolic OH excluding ortho intramolecular Hbond substituents is 2. The molecular weight excluding hydrogens is 224 g/mol. The highest BCUT2D eigenvalue weighted by Gasteiger charge is 2.19. The maximum atomic E-state index is 10.7. The van der Waals surface area contributed by atoms with Crippen molar-refractivity contribution in [3.05, 3.63) is 40.6 Å². The van der Waals surface area contributed by atoms with Crippen LogP contribution < -0.4 is 0 Å². The van der Waals surface area contributed by atoms with Gasteiger partial charge in [0.25, 0.3) is 0 Å². The zero-order valence-electron chi connectivity index (χ0n) is 8.99. The molecule has 6 heteroatoms. The van der Waals surface area contributed by atoms with Crippen LogP contribution in [0, 0.1) is 10.1 Å². The fourth-order valence-electron chi connectivity index (χ4n) is 1.65. The van der Waals surface area contributed by atoms with Gasteiger partial charge in [0.2, 0.25) is 5.75 Å². The van der Waals surface area contributed by atoms with E-state index in [1.54, 1.807) is 29.9 Å². The highest BCUT2D eigenvalue weighted by Crippen LogP contribution is 2.39. The summed E-state index contributed by atoms with van der Waals surface area (Å²) in [4.78, 5) is 9.97. The summed E-state index contributed by atoms with van der Waals surface area (Å²) in [5.41, 5.74) is 0.670. The molecule has 88 valence electrons. The molecule has 0 amide bonds. The first kappa shape index (κ1) is 11.0. The Hall–Kier alpha value is -2.50. The summed E-state index contributed by atoms with van der Waals surface area (Å²) in [5.74, 6) is -1.22. The molecule has 1 heterocycles. The van der Waals surface area contributed by atoms with E-state index in [1.165, 1.54) is 12.1 Å². The van der Waals surface area contributed by atoms with Crippen molar-refractivity contribution >= 4 is 5.69 Å². The van der Waals surface area contributed by atoms with E-state index in [9.17, 15) is 20.3 Å². The monoisotopic (exact) mass is 234 g/mol. The number of nitrogens with zero attached hydrogens (tertiary/aromatic N) is 2. The molecule has 0 aliphatic carbocycles. The van der Waals surface area contributed by atoms with Crippen LogP contribution in [0.2, 0.25) is 0 Å². The van der Waals surface area contributed by atoms with Crippen LogP contribution in [0.4, 0.5) is 5.69 Å². The van der Waals surface area contributed by atoms with Crippen molar-refractivity contribution < 1.29 is 15.1 Å². The highest BCUT2D eigenvalue weighted by molar-refractivity contribution is 5.70. The van der Waals surface area contributed by atoms with Gasteiger partial charge in [-0.15, -0.1) is 0 Å². The topological polar surface area (TPSA) is 88.5 Å². The molecule has 0 fully saturated rings. The van der Waals surface area contributed by atoms with Crippen LogP contribution in [0.3, 0.4) is 0 Å². The molecule has 0 aliphatic rings. The largest absolute Gasteiger partial charge is 0.504 e. The number of phenols is 2. The van der Waals surface area contributed by atoms with Gasteiger partial charge in [-0.25, -0.2) is 0 Å². The van der Waals surface area contributed by atoms with Gasteiger partial charge in [-0.1, -0.05) is 0 Å². The predicted molar refractivity (Wildman–Crippen MR) is 60.8 cm³/mol. The molecular formula is C11H10N2O4. The van der Waals surface area contributed by atoms with Crippen LogP contribution in [-0.2, 0) is 7.05 Å². The van der Waals surface area contributed by atoms with Crippen LogP contribution in [0.15, 0.2) is 30.5 Å². The summed E-state index contributed by atoms with van der Waals surface area (Å²) in [6, 6.07) is 6.06. The number of hydrogen-bond donors (Lipinski definition) is 2. The van der Waals surface area contributed by atoms with E-state index in [1.807, 2.05) is 0 Å². The summed E-state index contributed by atoms with van der Waals surface area (Å²) in [6.07, 6.45) is 1.78. The first-order valence-corrected chi connectivity index (χ1v) is 4.83. The van der Waals surface area contributed by atoms with Crippen LogP contribution in [-0.4, -0.2) is 19.7 Å². The molecule has 6 nitrogen and oxygen atoms in total. The summed E-state index contributed by atoms with van der Waals surface area (Å²) in [7, 11) is 1.78. The second kappa shape index (κ2) is 3.82. The van der Waals surface area contributed by atoms with Crippen LogP contribution >= 0.6 is 0 Å². The van der Waals surface area contributed by atoms with Crippen molar-refractivity contribution in [3.63, 3.8) is 0 Å². The molecule has 2 rings (SSSR count). The number of hydrogen-bond acceptors (Lipinski definition) is 4. The minimum absolute atomic E-state index is 0.472. The summed E-state index contributed by atoms with van der Waals surface area (Å²) < 4.78 is 1.76. The molecule has 1 aromatic carbocycles. The van der Waals surface area contributed by atoms with Crippen molar-refractivity contribution in [1.82, 2.24) is 4.57 Å². The molecule has 0 saturated heterocycles. The zero-order valence-corrected chi connectivity index (χ0v) is 8.99. The number of aryl methyl sites for hydroxylation is 1. The van der Waals surface area contributed by atoms with E-state index in [0.717, 1.165) is 0 Å². The van der Waals surface area contributed by atoms with Crippen molar-refractivity contribution in [2.75, 3.05) is 0 Å². The second-order valence-electron chi connectivity index (χ2n) is 3.62. The molecule has 0 radical (unpaired) electrons. The highest BCUT2D eigenvalue weighted by atomic mass is 16.6. The lowest BCUT2D eigenvalue weighted by atomic mass is 10.1. The Morgan fingerprint density at radius 2 is 2.06 bits per heavy atom. The first-order chi connectivity index (χ1) is 8.00. The molecule has 0 atom stereocenters. The third-order valence-electron chi connectivity index (χ3n) is 2.51. The van der Waals surface area contributed by atoms with Crippen LogP contribution in [0.25, 0.3) is 11.3 Å². The fourth-order valence-corrected chi connectivity index (χ4v) is 1.65. The van der Waals surface area contributed by atoms with Gasteiger partial charge in [0, 0.05) is 30.6 Å². The quantitative estimate of drug-likeness (QED) is 0.472. The first-order valence-electron chi connectivity index (χ1n) is 4.83. The average molecular weight is 234 g/mol. The minimum atomic E-state index is -0.735. The van der Waals surface area contributed by atoms with Crippen molar-refractivity contribution in [2.45, 2.75) is 0 Å². The van der Waals surface area contributed by atoms with Gasteiger partial charge in [-0.05, 0) is 18.2 Å². The molecule has 0 spiro atoms. The Kier molecular flexibility index (Phi) is 2.47. The Balaban J connectivity index is 2.65. The molecule has 1 aromatic heterocycles. The lowest BCUT2D eigenvalue weighted by molar-refractivity contribution is -0.385. The van der Waals surface area contributed by atoms with E-state index in [4.69, 9.17) is 0 Å². The van der Waals surface area contributed by atoms with Crippen molar-refractivity contribution in [1.29, 1.82) is 0 Å². The molecule has 17 heavy (non-hydrogen) atoms. The van der Waals surface area contributed by atoms with Crippen LogP contribution in [0.1, 0.15) is 0 Å².